The summed E-state index contributed by atoms with van der Waals surface area (Å²) in [7, 11) is 0. The Balaban J connectivity index is 3.11. The first kappa shape index (κ1) is 14.4. The second-order valence-corrected chi connectivity index (χ2v) is 5.93. The number of Topliss-reactive ketones (excluding diaryl/α,β-unsaturated/α-hetero) is 1. The second-order valence-electron chi connectivity index (χ2n) is 3.14. The van der Waals surface area contributed by atoms with Gasteiger partial charge in [-0.15, -0.1) is 0 Å². The van der Waals surface area contributed by atoms with Gasteiger partial charge in [0, 0.05) is 12.8 Å². The minimum atomic E-state index is 0.457. The molecular formula is C11H22OS2. The third kappa shape index (κ3) is 10.5. The summed E-state index contributed by atoms with van der Waals surface area (Å²) >= 11 is 3.85. The Labute approximate surface area is 96.8 Å². The van der Waals surface area contributed by atoms with E-state index in [4.69, 9.17) is 0 Å². The SMILES string of the molecule is CCSCCCC(=O)CCCSCC. The van der Waals surface area contributed by atoms with Crippen molar-refractivity contribution in [3.63, 3.8) is 0 Å². The fraction of sp³-hybridized carbons (Fsp3) is 0.909. The molecule has 84 valence electrons. The third-order valence-corrected chi connectivity index (χ3v) is 3.87. The molecule has 0 bridgehead atoms. The van der Waals surface area contributed by atoms with E-state index < -0.39 is 0 Å². The summed E-state index contributed by atoms with van der Waals surface area (Å²) < 4.78 is 0. The van der Waals surface area contributed by atoms with Crippen molar-refractivity contribution in [2.45, 2.75) is 39.5 Å². The van der Waals surface area contributed by atoms with Crippen LogP contribution in [-0.2, 0) is 4.79 Å². The van der Waals surface area contributed by atoms with Crippen molar-refractivity contribution in [3.8, 4) is 0 Å². The first-order valence-corrected chi connectivity index (χ1v) is 7.79. The summed E-state index contributed by atoms with van der Waals surface area (Å²) in [6.07, 6.45) is 3.73. The largest absolute Gasteiger partial charge is 0.300 e. The maximum Gasteiger partial charge on any atom is 0.132 e. The second kappa shape index (κ2) is 11.4. The van der Waals surface area contributed by atoms with Gasteiger partial charge in [-0.1, -0.05) is 13.8 Å². The number of carbonyl (C=O) groups is 1. The van der Waals surface area contributed by atoms with Gasteiger partial charge in [0.1, 0.15) is 5.78 Å². The maximum atomic E-state index is 11.4. The highest BCUT2D eigenvalue weighted by molar-refractivity contribution is 7.99. The lowest BCUT2D eigenvalue weighted by Crippen LogP contribution is -1.99. The number of rotatable bonds is 10. The molecule has 0 aliphatic rings. The van der Waals surface area contributed by atoms with Crippen molar-refractivity contribution >= 4 is 29.3 Å². The van der Waals surface area contributed by atoms with Crippen LogP contribution in [0.2, 0.25) is 0 Å². The van der Waals surface area contributed by atoms with Crippen LogP contribution in [0.15, 0.2) is 0 Å². The van der Waals surface area contributed by atoms with Gasteiger partial charge in [0.2, 0.25) is 0 Å². The molecule has 0 fully saturated rings. The Bertz CT molecular complexity index is 123. The lowest BCUT2D eigenvalue weighted by Gasteiger charge is -2.00. The lowest BCUT2D eigenvalue weighted by molar-refractivity contribution is -0.119. The summed E-state index contributed by atoms with van der Waals surface area (Å²) in [5.74, 6) is 5.08. The van der Waals surface area contributed by atoms with E-state index in [1.54, 1.807) is 0 Å². The van der Waals surface area contributed by atoms with Crippen LogP contribution in [0.5, 0.6) is 0 Å². The smallest absolute Gasteiger partial charge is 0.132 e. The standard InChI is InChI=1S/C11H22OS2/c1-3-13-9-5-7-11(12)8-6-10-14-4-2/h3-10H2,1-2H3. The molecule has 0 aliphatic carbocycles. The Morgan fingerprint density at radius 1 is 0.929 bits per heavy atom. The Morgan fingerprint density at radius 3 is 1.71 bits per heavy atom. The molecule has 0 aromatic rings. The minimum Gasteiger partial charge on any atom is -0.300 e. The molecule has 0 spiro atoms. The summed E-state index contributed by atoms with van der Waals surface area (Å²) in [6, 6.07) is 0. The molecule has 0 saturated heterocycles. The first-order chi connectivity index (χ1) is 6.81. The number of ketones is 1. The molecule has 0 aromatic heterocycles. The molecule has 0 heterocycles. The van der Waals surface area contributed by atoms with Gasteiger partial charge in [-0.2, -0.15) is 23.5 Å². The van der Waals surface area contributed by atoms with Crippen molar-refractivity contribution in [3.05, 3.63) is 0 Å². The van der Waals surface area contributed by atoms with Gasteiger partial charge >= 0.3 is 0 Å². The highest BCUT2D eigenvalue weighted by Gasteiger charge is 2.00. The van der Waals surface area contributed by atoms with Crippen LogP contribution in [-0.4, -0.2) is 28.8 Å². The van der Waals surface area contributed by atoms with E-state index in [0.29, 0.717) is 5.78 Å². The minimum absolute atomic E-state index is 0.457. The van der Waals surface area contributed by atoms with Crippen LogP contribution in [0.1, 0.15) is 39.5 Å². The molecule has 0 aliphatic heterocycles. The number of thioether (sulfide) groups is 2. The Morgan fingerprint density at radius 2 is 1.36 bits per heavy atom. The van der Waals surface area contributed by atoms with Gasteiger partial charge in [0.25, 0.3) is 0 Å². The molecular weight excluding hydrogens is 212 g/mol. The van der Waals surface area contributed by atoms with Gasteiger partial charge in [-0.05, 0) is 35.9 Å². The van der Waals surface area contributed by atoms with E-state index in [0.717, 1.165) is 37.2 Å². The van der Waals surface area contributed by atoms with Crippen molar-refractivity contribution in [2.24, 2.45) is 0 Å². The number of hydrogen-bond donors (Lipinski definition) is 0. The molecule has 0 amide bonds. The fourth-order valence-electron chi connectivity index (χ4n) is 1.16. The lowest BCUT2D eigenvalue weighted by atomic mass is 10.1. The van der Waals surface area contributed by atoms with Crippen molar-refractivity contribution in [1.82, 2.24) is 0 Å². The molecule has 0 radical (unpaired) electrons. The van der Waals surface area contributed by atoms with Crippen molar-refractivity contribution in [1.29, 1.82) is 0 Å². The molecule has 1 nitrogen and oxygen atoms in total. The number of hydrogen-bond acceptors (Lipinski definition) is 3. The number of carbonyl (C=O) groups excluding carboxylic acids is 1. The molecule has 0 atom stereocenters. The topological polar surface area (TPSA) is 17.1 Å². The van der Waals surface area contributed by atoms with Gasteiger partial charge in [-0.3, -0.25) is 4.79 Å². The van der Waals surface area contributed by atoms with Crippen molar-refractivity contribution in [2.75, 3.05) is 23.0 Å². The molecule has 14 heavy (non-hydrogen) atoms. The zero-order chi connectivity index (χ0) is 10.6. The summed E-state index contributed by atoms with van der Waals surface area (Å²) in [6.45, 7) is 4.32. The quantitative estimate of drug-likeness (QED) is 0.537. The average Bonchev–Trinajstić information content (AvgIpc) is 2.19. The van der Waals surface area contributed by atoms with Gasteiger partial charge in [0.05, 0.1) is 0 Å². The normalized spacial score (nSPS) is 10.4. The highest BCUT2D eigenvalue weighted by atomic mass is 32.2. The summed E-state index contributed by atoms with van der Waals surface area (Å²) in [5.41, 5.74) is 0. The van der Waals surface area contributed by atoms with Crippen LogP contribution >= 0.6 is 23.5 Å². The Hall–Kier alpha value is 0.370. The van der Waals surface area contributed by atoms with Crippen LogP contribution in [0.4, 0.5) is 0 Å². The van der Waals surface area contributed by atoms with Crippen molar-refractivity contribution < 1.29 is 4.79 Å². The Kier molecular flexibility index (Phi) is 11.7. The fourth-order valence-corrected chi connectivity index (χ4v) is 2.43. The predicted molar refractivity (Wildman–Crippen MR) is 69.5 cm³/mol. The van der Waals surface area contributed by atoms with E-state index in [-0.39, 0.29) is 0 Å². The van der Waals surface area contributed by atoms with E-state index >= 15 is 0 Å². The monoisotopic (exact) mass is 234 g/mol. The molecule has 0 rings (SSSR count). The third-order valence-electron chi connectivity index (χ3n) is 1.90. The first-order valence-electron chi connectivity index (χ1n) is 5.48. The van der Waals surface area contributed by atoms with Crippen LogP contribution in [0, 0.1) is 0 Å². The van der Waals surface area contributed by atoms with Gasteiger partial charge in [-0.25, -0.2) is 0 Å². The highest BCUT2D eigenvalue weighted by Crippen LogP contribution is 2.08. The molecule has 0 aromatic carbocycles. The van der Waals surface area contributed by atoms with E-state index in [2.05, 4.69) is 13.8 Å². The zero-order valence-corrected chi connectivity index (χ0v) is 11.0. The van der Waals surface area contributed by atoms with Crippen LogP contribution < -0.4 is 0 Å². The van der Waals surface area contributed by atoms with E-state index in [1.165, 1.54) is 11.5 Å². The van der Waals surface area contributed by atoms with Crippen LogP contribution in [0.25, 0.3) is 0 Å². The summed E-state index contributed by atoms with van der Waals surface area (Å²) in [4.78, 5) is 11.4. The molecule has 0 saturated carbocycles. The van der Waals surface area contributed by atoms with E-state index in [1.807, 2.05) is 23.5 Å². The molecule has 3 heteroatoms. The molecule has 0 unspecified atom stereocenters. The molecule has 0 N–H and O–H groups in total. The van der Waals surface area contributed by atoms with Crippen LogP contribution in [0.3, 0.4) is 0 Å². The maximum absolute atomic E-state index is 11.4. The van der Waals surface area contributed by atoms with E-state index in [9.17, 15) is 4.79 Å². The van der Waals surface area contributed by atoms with Gasteiger partial charge < -0.3 is 0 Å². The zero-order valence-electron chi connectivity index (χ0n) is 9.38. The predicted octanol–water partition coefficient (Wildman–Crippen LogP) is 3.62. The van der Waals surface area contributed by atoms with Gasteiger partial charge in [0.15, 0.2) is 0 Å². The average molecular weight is 234 g/mol. The summed E-state index contributed by atoms with van der Waals surface area (Å²) in [5, 5.41) is 0.